The molecule has 2 atom stereocenters. The summed E-state index contributed by atoms with van der Waals surface area (Å²) in [5.41, 5.74) is 1.20. The van der Waals surface area contributed by atoms with Crippen LogP contribution in [0.15, 0.2) is 24.3 Å². The van der Waals surface area contributed by atoms with Crippen LogP contribution in [-0.2, 0) is 9.53 Å². The summed E-state index contributed by atoms with van der Waals surface area (Å²) < 4.78 is 10.1. The molecular formula is C17H25NO3. The fraction of sp³-hybridized carbons (Fsp3) is 0.588. The van der Waals surface area contributed by atoms with E-state index < -0.39 is 0 Å². The van der Waals surface area contributed by atoms with Gasteiger partial charge in [-0.2, -0.15) is 0 Å². The van der Waals surface area contributed by atoms with Crippen molar-refractivity contribution in [2.45, 2.75) is 38.8 Å². The van der Waals surface area contributed by atoms with Gasteiger partial charge < -0.3 is 9.47 Å². The van der Waals surface area contributed by atoms with Crippen molar-refractivity contribution >= 4 is 5.97 Å². The van der Waals surface area contributed by atoms with Gasteiger partial charge in [-0.3, -0.25) is 10.1 Å². The minimum absolute atomic E-state index is 0.191. The van der Waals surface area contributed by atoms with Crippen LogP contribution in [0.25, 0.3) is 0 Å². The van der Waals surface area contributed by atoms with Crippen molar-refractivity contribution in [1.29, 1.82) is 0 Å². The molecule has 1 saturated carbocycles. The van der Waals surface area contributed by atoms with E-state index in [2.05, 4.69) is 17.4 Å². The van der Waals surface area contributed by atoms with E-state index in [-0.39, 0.29) is 24.0 Å². The molecule has 1 N–H and O–H groups in total. The smallest absolute Gasteiger partial charge is 0.323 e. The lowest BCUT2D eigenvalue weighted by atomic mass is 9.97. The normalized spacial score (nSPS) is 17.4. The molecule has 1 aliphatic rings. The van der Waals surface area contributed by atoms with Crippen molar-refractivity contribution < 1.29 is 14.3 Å². The van der Waals surface area contributed by atoms with Crippen LogP contribution in [0.1, 0.15) is 38.3 Å². The van der Waals surface area contributed by atoms with Crippen molar-refractivity contribution in [3.05, 3.63) is 29.8 Å². The van der Waals surface area contributed by atoms with Crippen LogP contribution in [0, 0.1) is 11.8 Å². The molecule has 0 amide bonds. The zero-order chi connectivity index (χ0) is 15.4. The number of methoxy groups -OCH3 is 2. The highest BCUT2D eigenvalue weighted by Crippen LogP contribution is 2.41. The summed E-state index contributed by atoms with van der Waals surface area (Å²) in [4.78, 5) is 12.0. The van der Waals surface area contributed by atoms with Crippen LogP contribution in [0.3, 0.4) is 0 Å². The van der Waals surface area contributed by atoms with Crippen LogP contribution >= 0.6 is 0 Å². The molecule has 0 aromatic heterocycles. The summed E-state index contributed by atoms with van der Waals surface area (Å²) in [5, 5.41) is 3.50. The Balaban J connectivity index is 2.16. The maximum Gasteiger partial charge on any atom is 0.323 e. The molecule has 0 spiro atoms. The summed E-state index contributed by atoms with van der Waals surface area (Å²) >= 11 is 0. The molecule has 1 unspecified atom stereocenters. The number of ether oxygens (including phenoxy) is 2. The molecule has 0 bridgehead atoms. The van der Waals surface area contributed by atoms with Crippen LogP contribution < -0.4 is 10.1 Å². The average Bonchev–Trinajstić information content (AvgIpc) is 3.32. The third-order valence-corrected chi connectivity index (χ3v) is 4.05. The molecule has 4 heteroatoms. The Morgan fingerprint density at radius 1 is 1.19 bits per heavy atom. The predicted octanol–water partition coefficient (Wildman–Crippen LogP) is 2.93. The predicted molar refractivity (Wildman–Crippen MR) is 82.2 cm³/mol. The van der Waals surface area contributed by atoms with Gasteiger partial charge in [0.2, 0.25) is 0 Å². The van der Waals surface area contributed by atoms with Gasteiger partial charge in [0.15, 0.2) is 0 Å². The summed E-state index contributed by atoms with van der Waals surface area (Å²) in [7, 11) is 3.11. The number of benzene rings is 1. The van der Waals surface area contributed by atoms with Crippen LogP contribution in [0.5, 0.6) is 5.75 Å². The average molecular weight is 291 g/mol. The topological polar surface area (TPSA) is 47.6 Å². The number of hydrogen-bond donors (Lipinski definition) is 1. The quantitative estimate of drug-likeness (QED) is 0.785. The van der Waals surface area contributed by atoms with E-state index in [9.17, 15) is 4.79 Å². The Hall–Kier alpha value is -1.55. The molecule has 0 heterocycles. The molecule has 0 aliphatic heterocycles. The Labute approximate surface area is 126 Å². The number of carbonyl (C=O) groups excluding carboxylic acids is 1. The van der Waals surface area contributed by atoms with Crippen molar-refractivity contribution in [3.8, 4) is 5.75 Å². The minimum Gasteiger partial charge on any atom is -0.497 e. The van der Waals surface area contributed by atoms with Crippen LogP contribution in [-0.4, -0.2) is 26.2 Å². The maximum absolute atomic E-state index is 12.0. The number of nitrogens with one attached hydrogen (secondary N) is 1. The van der Waals surface area contributed by atoms with Gasteiger partial charge in [0.05, 0.1) is 14.2 Å². The first-order valence-electron chi connectivity index (χ1n) is 7.54. The van der Waals surface area contributed by atoms with Gasteiger partial charge in [0, 0.05) is 6.04 Å². The Bertz CT molecular complexity index is 465. The largest absolute Gasteiger partial charge is 0.497 e. The minimum atomic E-state index is -0.275. The van der Waals surface area contributed by atoms with Gasteiger partial charge in [-0.1, -0.05) is 26.0 Å². The maximum atomic E-state index is 12.0. The fourth-order valence-electron chi connectivity index (χ4n) is 2.60. The highest BCUT2D eigenvalue weighted by molar-refractivity contribution is 5.76. The molecule has 0 saturated heterocycles. The third kappa shape index (κ3) is 3.97. The van der Waals surface area contributed by atoms with E-state index in [1.807, 2.05) is 26.0 Å². The van der Waals surface area contributed by atoms with Gasteiger partial charge in [-0.25, -0.2) is 0 Å². The number of carbonyl (C=O) groups is 1. The monoisotopic (exact) mass is 291 g/mol. The first-order chi connectivity index (χ1) is 10.1. The first kappa shape index (κ1) is 15.8. The molecule has 4 nitrogen and oxygen atoms in total. The van der Waals surface area contributed by atoms with Crippen molar-refractivity contribution in [3.63, 3.8) is 0 Å². The highest BCUT2D eigenvalue weighted by atomic mass is 16.5. The molecule has 1 fully saturated rings. The fourth-order valence-corrected chi connectivity index (χ4v) is 2.60. The molecule has 1 aromatic rings. The van der Waals surface area contributed by atoms with Gasteiger partial charge in [0.1, 0.15) is 11.8 Å². The second-order valence-corrected chi connectivity index (χ2v) is 6.00. The molecule has 116 valence electrons. The molecule has 21 heavy (non-hydrogen) atoms. The van der Waals surface area contributed by atoms with E-state index in [1.165, 1.54) is 25.5 Å². The van der Waals surface area contributed by atoms with Crippen LogP contribution in [0.4, 0.5) is 0 Å². The number of esters is 1. The summed E-state index contributed by atoms with van der Waals surface area (Å²) in [6.45, 7) is 4.07. The molecule has 0 radical (unpaired) electrons. The molecule has 1 aliphatic carbocycles. The second kappa shape index (κ2) is 6.94. The number of hydrogen-bond acceptors (Lipinski definition) is 4. The SMILES string of the molecule is COC(=O)[C@@H](NC(c1ccc(OC)cc1)C1CC1)C(C)C. The Morgan fingerprint density at radius 2 is 1.81 bits per heavy atom. The van der Waals surface area contributed by atoms with Crippen molar-refractivity contribution in [1.82, 2.24) is 5.32 Å². The third-order valence-electron chi connectivity index (χ3n) is 4.05. The Morgan fingerprint density at radius 3 is 2.24 bits per heavy atom. The van der Waals surface area contributed by atoms with E-state index in [0.29, 0.717) is 5.92 Å². The lowest BCUT2D eigenvalue weighted by Gasteiger charge is -2.27. The van der Waals surface area contributed by atoms with Crippen molar-refractivity contribution in [2.75, 3.05) is 14.2 Å². The summed E-state index contributed by atoms with van der Waals surface area (Å²) in [6, 6.07) is 8.00. The van der Waals surface area contributed by atoms with Gasteiger partial charge in [-0.05, 0) is 42.4 Å². The lowest BCUT2D eigenvalue weighted by Crippen LogP contribution is -2.44. The van der Waals surface area contributed by atoms with E-state index >= 15 is 0 Å². The Kier molecular flexibility index (Phi) is 5.23. The first-order valence-corrected chi connectivity index (χ1v) is 7.54. The van der Waals surface area contributed by atoms with Gasteiger partial charge in [0.25, 0.3) is 0 Å². The van der Waals surface area contributed by atoms with E-state index in [0.717, 1.165) is 5.75 Å². The zero-order valence-electron chi connectivity index (χ0n) is 13.3. The summed E-state index contributed by atoms with van der Waals surface area (Å²) in [5.74, 6) is 1.45. The molecule has 2 rings (SSSR count). The zero-order valence-corrected chi connectivity index (χ0v) is 13.3. The molecule has 1 aromatic carbocycles. The second-order valence-electron chi connectivity index (χ2n) is 6.00. The standard InChI is InChI=1S/C17H25NO3/c1-11(2)15(17(19)21-4)18-16(12-5-6-12)13-7-9-14(20-3)10-8-13/h7-12,15-16,18H,5-6H2,1-4H3/t15-,16?/m0/s1. The van der Waals surface area contributed by atoms with Gasteiger partial charge in [-0.15, -0.1) is 0 Å². The molecular weight excluding hydrogens is 266 g/mol. The lowest BCUT2D eigenvalue weighted by molar-refractivity contribution is -0.144. The van der Waals surface area contributed by atoms with E-state index in [1.54, 1.807) is 7.11 Å². The highest BCUT2D eigenvalue weighted by Gasteiger charge is 2.36. The van der Waals surface area contributed by atoms with Crippen LogP contribution in [0.2, 0.25) is 0 Å². The summed E-state index contributed by atoms with van der Waals surface area (Å²) in [6.07, 6.45) is 2.41. The number of rotatable bonds is 7. The van der Waals surface area contributed by atoms with Crippen molar-refractivity contribution in [2.24, 2.45) is 11.8 Å². The van der Waals surface area contributed by atoms with E-state index in [4.69, 9.17) is 9.47 Å². The van der Waals surface area contributed by atoms with Gasteiger partial charge >= 0.3 is 5.97 Å².